The Morgan fingerprint density at radius 1 is 1.38 bits per heavy atom. The summed E-state index contributed by atoms with van der Waals surface area (Å²) in [6.45, 7) is 2.28. The highest BCUT2D eigenvalue weighted by molar-refractivity contribution is 9.10. The molecule has 0 bridgehead atoms. The van der Waals surface area contributed by atoms with Crippen LogP contribution in [0.1, 0.15) is 44.1 Å². The van der Waals surface area contributed by atoms with Crippen molar-refractivity contribution in [1.82, 2.24) is 0 Å². The van der Waals surface area contributed by atoms with Gasteiger partial charge in [0.2, 0.25) is 0 Å². The van der Waals surface area contributed by atoms with Gasteiger partial charge in [-0.25, -0.2) is 0 Å². The fourth-order valence-corrected chi connectivity index (χ4v) is 3.09. The smallest absolute Gasteiger partial charge is 0.123 e. The van der Waals surface area contributed by atoms with Crippen LogP contribution in [-0.2, 0) is 0 Å². The summed E-state index contributed by atoms with van der Waals surface area (Å²) < 4.78 is 7.29. The summed E-state index contributed by atoms with van der Waals surface area (Å²) in [4.78, 5) is 0. The van der Waals surface area contributed by atoms with E-state index < -0.39 is 0 Å². The molecule has 3 rings (SSSR count). The molecule has 1 fully saturated rings. The molecule has 2 heteroatoms. The largest absolute Gasteiger partial charge is 0.490 e. The van der Waals surface area contributed by atoms with Crippen molar-refractivity contribution in [1.29, 1.82) is 0 Å². The molecule has 1 aromatic rings. The summed E-state index contributed by atoms with van der Waals surface area (Å²) in [6.07, 6.45) is 5.65. The fourth-order valence-electron chi connectivity index (χ4n) is 2.71. The second kappa shape index (κ2) is 4.06. The van der Waals surface area contributed by atoms with E-state index in [0.29, 0.717) is 12.0 Å². The lowest BCUT2D eigenvalue weighted by Gasteiger charge is -2.32. The highest BCUT2D eigenvalue weighted by atomic mass is 79.9. The molecular weight excluding hydrogens is 264 g/mol. The average Bonchev–Trinajstić information content (AvgIpc) is 3.11. The quantitative estimate of drug-likeness (QED) is 0.775. The molecule has 86 valence electrons. The van der Waals surface area contributed by atoms with Gasteiger partial charge in [-0.2, -0.15) is 0 Å². The predicted molar refractivity (Wildman–Crippen MR) is 68.9 cm³/mol. The summed E-state index contributed by atoms with van der Waals surface area (Å²) in [6, 6.07) is 6.43. The van der Waals surface area contributed by atoms with E-state index in [4.69, 9.17) is 4.74 Å². The molecule has 1 aliphatic heterocycles. The van der Waals surface area contributed by atoms with E-state index in [9.17, 15) is 0 Å². The standard InChI is InChI=1S/C14H17BrO/c1-2-9-7-14(10-3-4-10)16-13-6-5-11(15)8-12(9)13/h5-6,8-10,14H,2-4,7H2,1H3. The van der Waals surface area contributed by atoms with Gasteiger partial charge in [-0.15, -0.1) is 0 Å². The van der Waals surface area contributed by atoms with Gasteiger partial charge in [0, 0.05) is 4.47 Å². The number of hydrogen-bond donors (Lipinski definition) is 0. The Labute approximate surface area is 105 Å². The molecule has 1 aromatic carbocycles. The van der Waals surface area contributed by atoms with Crippen LogP contribution in [0.25, 0.3) is 0 Å². The lowest BCUT2D eigenvalue weighted by Crippen LogP contribution is -2.27. The molecule has 1 nitrogen and oxygen atoms in total. The van der Waals surface area contributed by atoms with Crippen molar-refractivity contribution < 1.29 is 4.74 Å². The number of hydrogen-bond acceptors (Lipinski definition) is 1. The first kappa shape index (κ1) is 10.6. The van der Waals surface area contributed by atoms with Crippen LogP contribution in [0, 0.1) is 5.92 Å². The minimum Gasteiger partial charge on any atom is -0.490 e. The van der Waals surface area contributed by atoms with E-state index in [1.54, 1.807) is 0 Å². The van der Waals surface area contributed by atoms with Gasteiger partial charge >= 0.3 is 0 Å². The molecule has 1 aliphatic carbocycles. The molecule has 1 heterocycles. The van der Waals surface area contributed by atoms with Crippen molar-refractivity contribution in [2.24, 2.45) is 5.92 Å². The third-order valence-electron chi connectivity index (χ3n) is 3.85. The lowest BCUT2D eigenvalue weighted by atomic mass is 9.86. The number of benzene rings is 1. The summed E-state index contributed by atoms with van der Waals surface area (Å²) >= 11 is 3.55. The van der Waals surface area contributed by atoms with Crippen molar-refractivity contribution in [3.8, 4) is 5.75 Å². The minimum atomic E-state index is 0.485. The molecule has 0 aromatic heterocycles. The first-order valence-corrected chi connectivity index (χ1v) is 7.03. The molecule has 2 atom stereocenters. The van der Waals surface area contributed by atoms with Crippen molar-refractivity contribution in [3.05, 3.63) is 28.2 Å². The van der Waals surface area contributed by atoms with Gasteiger partial charge in [0.1, 0.15) is 11.9 Å². The van der Waals surface area contributed by atoms with Gasteiger partial charge in [-0.1, -0.05) is 22.9 Å². The first-order valence-electron chi connectivity index (χ1n) is 6.24. The zero-order valence-electron chi connectivity index (χ0n) is 9.58. The maximum absolute atomic E-state index is 6.12. The van der Waals surface area contributed by atoms with E-state index in [1.807, 2.05) is 0 Å². The van der Waals surface area contributed by atoms with E-state index >= 15 is 0 Å². The molecule has 16 heavy (non-hydrogen) atoms. The van der Waals surface area contributed by atoms with Crippen LogP contribution >= 0.6 is 15.9 Å². The van der Waals surface area contributed by atoms with E-state index in [-0.39, 0.29) is 0 Å². The summed E-state index contributed by atoms with van der Waals surface area (Å²) in [5.41, 5.74) is 1.40. The van der Waals surface area contributed by atoms with Crippen molar-refractivity contribution in [3.63, 3.8) is 0 Å². The fraction of sp³-hybridized carbons (Fsp3) is 0.571. The second-order valence-electron chi connectivity index (χ2n) is 5.02. The Hall–Kier alpha value is -0.500. The third kappa shape index (κ3) is 1.88. The van der Waals surface area contributed by atoms with Crippen molar-refractivity contribution >= 4 is 15.9 Å². The molecule has 2 unspecified atom stereocenters. The summed E-state index contributed by atoms with van der Waals surface area (Å²) in [5.74, 6) is 2.65. The first-order chi connectivity index (χ1) is 7.78. The third-order valence-corrected chi connectivity index (χ3v) is 4.34. The van der Waals surface area contributed by atoms with Crippen molar-refractivity contribution in [2.45, 2.75) is 44.6 Å². The molecule has 1 saturated carbocycles. The van der Waals surface area contributed by atoms with E-state index in [2.05, 4.69) is 41.1 Å². The molecule has 0 saturated heterocycles. The van der Waals surface area contributed by atoms with Gasteiger partial charge in [0.15, 0.2) is 0 Å². The zero-order valence-corrected chi connectivity index (χ0v) is 11.2. The van der Waals surface area contributed by atoms with Crippen LogP contribution in [0.4, 0.5) is 0 Å². The lowest BCUT2D eigenvalue weighted by molar-refractivity contribution is 0.136. The normalized spacial score (nSPS) is 28.4. The van der Waals surface area contributed by atoms with Crippen molar-refractivity contribution in [2.75, 3.05) is 0 Å². The van der Waals surface area contributed by atoms with Gasteiger partial charge in [-0.3, -0.25) is 0 Å². The highest BCUT2D eigenvalue weighted by Crippen LogP contribution is 2.46. The molecule has 0 N–H and O–H groups in total. The van der Waals surface area contributed by atoms with Crippen LogP contribution in [0.15, 0.2) is 22.7 Å². The SMILES string of the molecule is CCC1CC(C2CC2)Oc2ccc(Br)cc21. The Morgan fingerprint density at radius 3 is 2.88 bits per heavy atom. The topological polar surface area (TPSA) is 9.23 Å². The number of halogens is 1. The van der Waals surface area contributed by atoms with Crippen LogP contribution in [0.5, 0.6) is 5.75 Å². The summed E-state index contributed by atoms with van der Waals surface area (Å²) in [5, 5.41) is 0. The monoisotopic (exact) mass is 280 g/mol. The Kier molecular flexibility index (Phi) is 2.70. The second-order valence-corrected chi connectivity index (χ2v) is 5.93. The maximum Gasteiger partial charge on any atom is 0.123 e. The van der Waals surface area contributed by atoms with Crippen LogP contribution < -0.4 is 4.74 Å². The molecule has 2 aliphatic rings. The Morgan fingerprint density at radius 2 is 2.19 bits per heavy atom. The van der Waals surface area contributed by atoms with E-state index in [1.165, 1.54) is 31.2 Å². The van der Waals surface area contributed by atoms with Crippen LogP contribution in [0.3, 0.4) is 0 Å². The number of rotatable bonds is 2. The number of ether oxygens (including phenoxy) is 1. The Balaban J connectivity index is 1.93. The number of fused-ring (bicyclic) bond motifs is 1. The highest BCUT2D eigenvalue weighted by Gasteiger charge is 2.38. The van der Waals surface area contributed by atoms with Gasteiger partial charge in [0.05, 0.1) is 0 Å². The predicted octanol–water partition coefficient (Wildman–Crippen LogP) is 4.50. The maximum atomic E-state index is 6.12. The van der Waals surface area contributed by atoms with Crippen LogP contribution in [0.2, 0.25) is 0 Å². The minimum absolute atomic E-state index is 0.485. The Bertz CT molecular complexity index is 398. The molecule has 0 radical (unpaired) electrons. The van der Waals surface area contributed by atoms with Crippen LogP contribution in [-0.4, -0.2) is 6.10 Å². The zero-order chi connectivity index (χ0) is 11.1. The van der Waals surface area contributed by atoms with E-state index in [0.717, 1.165) is 16.1 Å². The molecule has 0 amide bonds. The van der Waals surface area contributed by atoms with Gasteiger partial charge < -0.3 is 4.74 Å². The van der Waals surface area contributed by atoms with Gasteiger partial charge in [0.25, 0.3) is 0 Å². The molecular formula is C14H17BrO. The molecule has 0 spiro atoms. The summed E-state index contributed by atoms with van der Waals surface area (Å²) in [7, 11) is 0. The average molecular weight is 281 g/mol. The van der Waals surface area contributed by atoms with Gasteiger partial charge in [-0.05, 0) is 61.3 Å².